The van der Waals surface area contributed by atoms with Gasteiger partial charge >= 0.3 is 0 Å². The maximum atomic E-state index is 13.2. The van der Waals surface area contributed by atoms with Crippen molar-refractivity contribution in [3.8, 4) is 5.75 Å². The average Bonchev–Trinajstić information content (AvgIpc) is 2.64. The highest BCUT2D eigenvalue weighted by Gasteiger charge is 2.26. The molecule has 2 fully saturated rings. The molecule has 133 valence electrons. The van der Waals surface area contributed by atoms with E-state index in [2.05, 4.69) is 19.1 Å². The predicted molar refractivity (Wildman–Crippen MR) is 104 cm³/mol. The van der Waals surface area contributed by atoms with E-state index in [1.54, 1.807) is 0 Å². The number of hydrogen-bond donors (Lipinski definition) is 0. The van der Waals surface area contributed by atoms with E-state index in [1.807, 2.05) is 11.8 Å². The Morgan fingerprint density at radius 1 is 0.875 bits per heavy atom. The molecular weight excluding hydrogens is 312 g/mol. The van der Waals surface area contributed by atoms with E-state index in [9.17, 15) is 5.11 Å². The summed E-state index contributed by atoms with van der Waals surface area (Å²) in [6, 6.07) is 4.54. The zero-order valence-corrected chi connectivity index (χ0v) is 16.1. The van der Waals surface area contributed by atoms with Gasteiger partial charge in [-0.15, -0.1) is 11.8 Å². The van der Waals surface area contributed by atoms with Crippen molar-refractivity contribution < 1.29 is 5.11 Å². The minimum Gasteiger partial charge on any atom is -0.289 e. The van der Waals surface area contributed by atoms with Crippen molar-refractivity contribution in [1.82, 2.24) is 0 Å². The first kappa shape index (κ1) is 18.2. The number of thioether (sulfide) groups is 1. The summed E-state index contributed by atoms with van der Waals surface area (Å²) in [5.74, 6) is 2.65. The van der Waals surface area contributed by atoms with Crippen LogP contribution in [0.4, 0.5) is 0 Å². The molecule has 0 N–H and O–H groups in total. The summed E-state index contributed by atoms with van der Waals surface area (Å²) in [6.07, 6.45) is 15.3. The van der Waals surface area contributed by atoms with Crippen molar-refractivity contribution in [3.05, 3.63) is 23.3 Å². The van der Waals surface area contributed by atoms with Gasteiger partial charge in [0.15, 0.2) is 5.75 Å². The van der Waals surface area contributed by atoms with E-state index in [0.717, 1.165) is 11.1 Å². The van der Waals surface area contributed by atoms with Crippen LogP contribution in [0.5, 0.6) is 5.75 Å². The zero-order chi connectivity index (χ0) is 16.8. The molecule has 0 amide bonds. The second kappa shape index (κ2) is 9.17. The Morgan fingerprint density at radius 2 is 1.38 bits per heavy atom. The SMILES string of the molecule is CCCCSc1cc(C2CCCCC2)c([O])c(C2CCCCC2)c1. The van der Waals surface area contributed by atoms with Crippen molar-refractivity contribution in [1.29, 1.82) is 0 Å². The van der Waals surface area contributed by atoms with Crippen LogP contribution in [0.25, 0.3) is 0 Å². The predicted octanol–water partition coefficient (Wildman–Crippen LogP) is 7.82. The van der Waals surface area contributed by atoms with Gasteiger partial charge < -0.3 is 0 Å². The Morgan fingerprint density at radius 3 is 1.83 bits per heavy atom. The molecule has 0 atom stereocenters. The maximum absolute atomic E-state index is 13.2. The topological polar surface area (TPSA) is 19.9 Å². The van der Waals surface area contributed by atoms with Crippen LogP contribution in [0, 0.1) is 0 Å². The van der Waals surface area contributed by atoms with E-state index >= 15 is 0 Å². The lowest BCUT2D eigenvalue weighted by Gasteiger charge is -2.27. The summed E-state index contributed by atoms with van der Waals surface area (Å²) < 4.78 is 0. The quantitative estimate of drug-likeness (QED) is 0.380. The molecule has 24 heavy (non-hydrogen) atoms. The molecule has 2 aliphatic carbocycles. The Kier molecular flexibility index (Phi) is 6.95. The van der Waals surface area contributed by atoms with Crippen LogP contribution in [0.1, 0.15) is 107 Å². The molecule has 3 rings (SSSR count). The van der Waals surface area contributed by atoms with Crippen molar-refractivity contribution in [2.75, 3.05) is 5.75 Å². The molecular formula is C22H33OS. The van der Waals surface area contributed by atoms with Gasteiger partial charge in [0.1, 0.15) is 0 Å². The lowest BCUT2D eigenvalue weighted by molar-refractivity contribution is 0.323. The molecule has 0 bridgehead atoms. The Balaban J connectivity index is 1.88. The summed E-state index contributed by atoms with van der Waals surface area (Å²) in [6.45, 7) is 2.25. The largest absolute Gasteiger partial charge is 0.289 e. The summed E-state index contributed by atoms with van der Waals surface area (Å²) in [5, 5.41) is 13.2. The molecule has 2 aliphatic rings. The molecule has 2 saturated carbocycles. The van der Waals surface area contributed by atoms with Crippen LogP contribution in [0.15, 0.2) is 17.0 Å². The smallest absolute Gasteiger partial charge is 0.185 e. The fourth-order valence-electron chi connectivity index (χ4n) is 4.50. The van der Waals surface area contributed by atoms with Crippen LogP contribution in [-0.2, 0) is 5.11 Å². The second-order valence-corrected chi connectivity index (χ2v) is 8.97. The van der Waals surface area contributed by atoms with Gasteiger partial charge in [-0.1, -0.05) is 51.9 Å². The lowest BCUT2D eigenvalue weighted by atomic mass is 9.79. The molecule has 0 saturated heterocycles. The van der Waals surface area contributed by atoms with Crippen molar-refractivity contribution >= 4 is 11.8 Å². The van der Waals surface area contributed by atoms with E-state index in [0.29, 0.717) is 17.6 Å². The second-order valence-electron chi connectivity index (χ2n) is 7.80. The number of hydrogen-bond acceptors (Lipinski definition) is 1. The molecule has 1 radical (unpaired) electrons. The van der Waals surface area contributed by atoms with Gasteiger partial charge in [-0.3, -0.25) is 5.11 Å². The molecule has 0 unspecified atom stereocenters. The summed E-state index contributed by atoms with van der Waals surface area (Å²) in [4.78, 5) is 1.36. The van der Waals surface area contributed by atoms with Crippen LogP contribution in [-0.4, -0.2) is 5.75 Å². The summed E-state index contributed by atoms with van der Waals surface area (Å²) in [7, 11) is 0. The molecule has 0 aromatic heterocycles. The number of unbranched alkanes of at least 4 members (excludes halogenated alkanes) is 1. The van der Waals surface area contributed by atoms with Gasteiger partial charge in [-0.25, -0.2) is 0 Å². The van der Waals surface area contributed by atoms with Gasteiger partial charge in [-0.05, 0) is 61.8 Å². The normalized spacial score (nSPS) is 20.4. The molecule has 2 heteroatoms. The van der Waals surface area contributed by atoms with E-state index in [1.165, 1.54) is 87.7 Å². The minimum atomic E-state index is 0.411. The van der Waals surface area contributed by atoms with E-state index < -0.39 is 0 Å². The minimum absolute atomic E-state index is 0.411. The van der Waals surface area contributed by atoms with Gasteiger partial charge in [0.2, 0.25) is 0 Å². The first-order chi connectivity index (χ1) is 11.8. The van der Waals surface area contributed by atoms with Crippen LogP contribution in [0.3, 0.4) is 0 Å². The summed E-state index contributed by atoms with van der Waals surface area (Å²) in [5.41, 5.74) is 2.33. The van der Waals surface area contributed by atoms with Gasteiger partial charge in [-0.2, -0.15) is 0 Å². The average molecular weight is 346 g/mol. The first-order valence-corrected chi connectivity index (χ1v) is 11.3. The van der Waals surface area contributed by atoms with Crippen molar-refractivity contribution in [2.24, 2.45) is 0 Å². The Labute approximate surface area is 152 Å². The fourth-order valence-corrected chi connectivity index (χ4v) is 5.59. The standard InChI is InChI=1S/C22H33OS/c1-2-3-14-24-19-15-20(17-10-6-4-7-11-17)22(23)21(16-19)18-12-8-5-9-13-18/h15-18H,2-14H2,1H3. The van der Waals surface area contributed by atoms with Gasteiger partial charge in [0.25, 0.3) is 0 Å². The molecule has 1 nitrogen and oxygen atoms in total. The number of benzene rings is 1. The highest BCUT2D eigenvalue weighted by Crippen LogP contribution is 2.46. The fraction of sp³-hybridized carbons (Fsp3) is 0.727. The van der Waals surface area contributed by atoms with E-state index in [4.69, 9.17) is 0 Å². The zero-order valence-electron chi connectivity index (χ0n) is 15.3. The Hall–Kier alpha value is -0.630. The van der Waals surface area contributed by atoms with Crippen molar-refractivity contribution in [3.63, 3.8) is 0 Å². The molecule has 0 aliphatic heterocycles. The molecule has 1 aromatic carbocycles. The monoisotopic (exact) mass is 345 g/mol. The molecule has 0 heterocycles. The van der Waals surface area contributed by atoms with Crippen LogP contribution >= 0.6 is 11.8 Å². The highest BCUT2D eigenvalue weighted by atomic mass is 32.2. The summed E-state index contributed by atoms with van der Waals surface area (Å²) >= 11 is 1.97. The lowest BCUT2D eigenvalue weighted by Crippen LogP contribution is -2.09. The van der Waals surface area contributed by atoms with Crippen molar-refractivity contribution in [2.45, 2.75) is 101 Å². The van der Waals surface area contributed by atoms with Crippen LogP contribution < -0.4 is 0 Å². The Bertz CT molecular complexity index is 474. The maximum Gasteiger partial charge on any atom is 0.185 e. The van der Waals surface area contributed by atoms with Gasteiger partial charge in [0, 0.05) is 16.0 Å². The van der Waals surface area contributed by atoms with E-state index in [-0.39, 0.29) is 0 Å². The molecule has 0 spiro atoms. The van der Waals surface area contributed by atoms with Crippen LogP contribution in [0.2, 0.25) is 0 Å². The van der Waals surface area contributed by atoms with Gasteiger partial charge in [0.05, 0.1) is 0 Å². The number of rotatable bonds is 6. The first-order valence-electron chi connectivity index (χ1n) is 10.3. The third-order valence-electron chi connectivity index (χ3n) is 5.98. The third kappa shape index (κ3) is 4.50. The highest BCUT2D eigenvalue weighted by molar-refractivity contribution is 7.99. The third-order valence-corrected chi connectivity index (χ3v) is 7.04. The molecule has 1 aromatic rings.